The smallest absolute Gasteiger partial charge is 0.160 e. The third kappa shape index (κ3) is 5.80. The van der Waals surface area contributed by atoms with Crippen LogP contribution < -0.4 is 0 Å². The summed E-state index contributed by atoms with van der Waals surface area (Å²) in [5.74, 6) is 0.703. The maximum atomic E-state index is 5.28. The predicted molar refractivity (Wildman–Crippen MR) is 247 cm³/mol. The number of fused-ring (bicyclic) bond motifs is 5. The Morgan fingerprint density at radius 1 is 0.483 bits per heavy atom. The zero-order chi connectivity index (χ0) is 39.4. The van der Waals surface area contributed by atoms with Crippen LogP contribution in [0.25, 0.3) is 101 Å². The molecule has 1 aliphatic carbocycles. The molecule has 0 bridgehead atoms. The Morgan fingerprint density at radius 3 is 1.91 bits per heavy atom. The van der Waals surface area contributed by atoms with Crippen LogP contribution in [0.1, 0.15) is 43.0 Å². The molecule has 10 rings (SSSR count). The summed E-state index contributed by atoms with van der Waals surface area (Å²) in [4.78, 5) is 10.5. The monoisotopic (exact) mass is 742 g/mol. The molecule has 0 N–H and O–H groups in total. The number of allylic oxidation sites excluding steroid dienone is 1. The predicted octanol–water partition coefficient (Wildman–Crippen LogP) is 15.1. The highest BCUT2D eigenvalue weighted by Gasteiger charge is 2.38. The lowest BCUT2D eigenvalue weighted by molar-refractivity contribution is 0.660. The summed E-state index contributed by atoms with van der Waals surface area (Å²) in [6.07, 6.45) is 6.36. The molecule has 1 aromatic heterocycles. The summed E-state index contributed by atoms with van der Waals surface area (Å²) in [6.45, 7) is 11.0. The molecule has 0 amide bonds. The van der Waals surface area contributed by atoms with Crippen molar-refractivity contribution in [1.29, 1.82) is 0 Å². The van der Waals surface area contributed by atoms with E-state index in [1.54, 1.807) is 0 Å². The molecule has 0 saturated carbocycles. The molecule has 2 nitrogen and oxygen atoms in total. The quantitative estimate of drug-likeness (QED) is 0.162. The first kappa shape index (κ1) is 35.3. The van der Waals surface area contributed by atoms with Crippen LogP contribution in [0.15, 0.2) is 183 Å². The molecule has 0 radical (unpaired) electrons. The van der Waals surface area contributed by atoms with Gasteiger partial charge in [0.05, 0.1) is 11.4 Å². The highest BCUT2D eigenvalue weighted by Crippen LogP contribution is 2.55. The van der Waals surface area contributed by atoms with Gasteiger partial charge in [0.25, 0.3) is 0 Å². The second kappa shape index (κ2) is 14.1. The molecule has 0 unspecified atom stereocenters. The lowest BCUT2D eigenvalue weighted by atomic mass is 9.81. The minimum Gasteiger partial charge on any atom is -0.228 e. The standard InChI is InChI=1S/C56H42N2/c1-5-15-43-36(6-2)30-33-50-53(43)54-48(22-14-23-49(54)56(50,3)4)46-31-32-47(45-21-13-12-20-44(45)46)52-35-51(57-55(58-52)40-17-8-7-9-18-40)39-27-24-38(25-28-39)42-29-26-37-16-10-11-19-41(37)34-42/h5-35H,2H2,1,3-4H3/b15-5-. The average Bonchev–Trinajstić information content (AvgIpc) is 3.52. The fourth-order valence-electron chi connectivity index (χ4n) is 9.07. The van der Waals surface area contributed by atoms with Gasteiger partial charge >= 0.3 is 0 Å². The first-order valence-corrected chi connectivity index (χ1v) is 20.1. The van der Waals surface area contributed by atoms with E-state index in [1.807, 2.05) is 24.3 Å². The molecule has 1 aliphatic rings. The van der Waals surface area contributed by atoms with Crippen LogP contribution in [-0.2, 0) is 5.41 Å². The third-order valence-corrected chi connectivity index (χ3v) is 12.0. The number of hydrogen-bond acceptors (Lipinski definition) is 2. The van der Waals surface area contributed by atoms with Crippen LogP contribution in [0.5, 0.6) is 0 Å². The van der Waals surface area contributed by atoms with Gasteiger partial charge in [0.15, 0.2) is 5.82 Å². The van der Waals surface area contributed by atoms with Gasteiger partial charge in [-0.15, -0.1) is 0 Å². The highest BCUT2D eigenvalue weighted by atomic mass is 14.9. The molecular weight excluding hydrogens is 701 g/mol. The van der Waals surface area contributed by atoms with E-state index in [0.717, 1.165) is 39.0 Å². The van der Waals surface area contributed by atoms with Crippen molar-refractivity contribution in [2.45, 2.75) is 26.2 Å². The van der Waals surface area contributed by atoms with Crippen molar-refractivity contribution >= 4 is 33.7 Å². The molecule has 0 fully saturated rings. The summed E-state index contributed by atoms with van der Waals surface area (Å²) < 4.78 is 0. The van der Waals surface area contributed by atoms with Crippen molar-refractivity contribution in [3.8, 4) is 67.3 Å². The minimum atomic E-state index is -0.147. The molecule has 9 aromatic rings. The van der Waals surface area contributed by atoms with Gasteiger partial charge in [-0.05, 0) is 96.2 Å². The SMILES string of the molecule is C=Cc1ccc2c(c1/C=C\C)-c1c(-c3ccc(-c4cc(-c5ccc(-c6ccc7ccccc7c6)cc5)nc(-c5ccccc5)n4)c4ccccc34)cccc1C2(C)C. The Balaban J connectivity index is 1.13. The normalized spacial score (nSPS) is 12.9. The van der Waals surface area contributed by atoms with Crippen molar-refractivity contribution in [2.75, 3.05) is 0 Å². The van der Waals surface area contributed by atoms with Crippen molar-refractivity contribution in [3.05, 3.63) is 205 Å². The molecule has 0 aliphatic heterocycles. The van der Waals surface area contributed by atoms with Crippen LogP contribution in [0.3, 0.4) is 0 Å². The van der Waals surface area contributed by atoms with Crippen molar-refractivity contribution in [3.63, 3.8) is 0 Å². The molecule has 0 saturated heterocycles. The van der Waals surface area contributed by atoms with Crippen molar-refractivity contribution in [1.82, 2.24) is 9.97 Å². The molecule has 0 atom stereocenters. The maximum Gasteiger partial charge on any atom is 0.160 e. The maximum absolute atomic E-state index is 5.28. The summed E-state index contributed by atoms with van der Waals surface area (Å²) in [7, 11) is 0. The minimum absolute atomic E-state index is 0.147. The topological polar surface area (TPSA) is 25.8 Å². The first-order chi connectivity index (χ1) is 28.4. The molecule has 1 heterocycles. The number of rotatable bonds is 7. The Kier molecular flexibility index (Phi) is 8.57. The van der Waals surface area contributed by atoms with Gasteiger partial charge in [-0.1, -0.05) is 196 Å². The van der Waals surface area contributed by atoms with E-state index in [9.17, 15) is 0 Å². The number of aromatic nitrogens is 2. The number of hydrogen-bond donors (Lipinski definition) is 0. The lowest BCUT2D eigenvalue weighted by Gasteiger charge is -2.22. The van der Waals surface area contributed by atoms with E-state index in [1.165, 1.54) is 66.2 Å². The average molecular weight is 743 g/mol. The summed E-state index contributed by atoms with van der Waals surface area (Å²) in [6, 6.07) is 61.1. The zero-order valence-corrected chi connectivity index (χ0v) is 33.0. The van der Waals surface area contributed by atoms with Gasteiger partial charge < -0.3 is 0 Å². The van der Waals surface area contributed by atoms with Crippen LogP contribution >= 0.6 is 0 Å². The summed E-state index contributed by atoms with van der Waals surface area (Å²) in [5, 5.41) is 4.82. The van der Waals surface area contributed by atoms with Crippen LogP contribution in [0.2, 0.25) is 0 Å². The van der Waals surface area contributed by atoms with Crippen molar-refractivity contribution in [2.24, 2.45) is 0 Å². The van der Waals surface area contributed by atoms with Gasteiger partial charge in [0.2, 0.25) is 0 Å². The van der Waals surface area contributed by atoms with E-state index < -0.39 is 0 Å². The molecule has 8 aromatic carbocycles. The van der Waals surface area contributed by atoms with E-state index in [-0.39, 0.29) is 5.41 Å². The fraction of sp³-hybridized carbons (Fsp3) is 0.0714. The summed E-state index contributed by atoms with van der Waals surface area (Å²) >= 11 is 0. The second-order valence-corrected chi connectivity index (χ2v) is 15.7. The molecule has 58 heavy (non-hydrogen) atoms. The van der Waals surface area contributed by atoms with Gasteiger partial charge in [0.1, 0.15) is 0 Å². The van der Waals surface area contributed by atoms with Gasteiger partial charge in [-0.2, -0.15) is 0 Å². The lowest BCUT2D eigenvalue weighted by Crippen LogP contribution is -2.15. The van der Waals surface area contributed by atoms with Crippen LogP contribution in [0, 0.1) is 0 Å². The third-order valence-electron chi connectivity index (χ3n) is 12.0. The van der Waals surface area contributed by atoms with E-state index in [0.29, 0.717) is 5.82 Å². The highest BCUT2D eigenvalue weighted by molar-refractivity contribution is 6.09. The number of benzene rings is 8. The largest absolute Gasteiger partial charge is 0.228 e. The first-order valence-electron chi connectivity index (χ1n) is 20.1. The van der Waals surface area contributed by atoms with Gasteiger partial charge in [-0.25, -0.2) is 9.97 Å². The summed E-state index contributed by atoms with van der Waals surface area (Å²) in [5.41, 5.74) is 17.2. The second-order valence-electron chi connectivity index (χ2n) is 15.7. The van der Waals surface area contributed by atoms with Gasteiger partial charge in [0, 0.05) is 22.1 Å². The Labute approximate surface area is 340 Å². The molecule has 0 spiro atoms. The molecule has 276 valence electrons. The molecule has 2 heteroatoms. The number of nitrogens with zero attached hydrogens (tertiary/aromatic N) is 2. The fourth-order valence-corrected chi connectivity index (χ4v) is 9.07. The van der Waals surface area contributed by atoms with Crippen molar-refractivity contribution < 1.29 is 0 Å². The Hall–Kier alpha value is -7.16. The van der Waals surface area contributed by atoms with Crippen LogP contribution in [-0.4, -0.2) is 9.97 Å². The zero-order valence-electron chi connectivity index (χ0n) is 33.0. The van der Waals surface area contributed by atoms with Crippen LogP contribution in [0.4, 0.5) is 0 Å². The van der Waals surface area contributed by atoms with E-state index >= 15 is 0 Å². The Morgan fingerprint density at radius 2 is 1.14 bits per heavy atom. The Bertz CT molecular complexity index is 3090. The van der Waals surface area contributed by atoms with Gasteiger partial charge in [-0.3, -0.25) is 0 Å². The van der Waals surface area contributed by atoms with E-state index in [2.05, 4.69) is 191 Å². The molecular formula is C56H42N2. The van der Waals surface area contributed by atoms with E-state index in [4.69, 9.17) is 9.97 Å².